The zero-order chi connectivity index (χ0) is 15.7. The van der Waals surface area contributed by atoms with Crippen molar-refractivity contribution >= 4 is 34.3 Å². The van der Waals surface area contributed by atoms with Crippen molar-refractivity contribution in [2.45, 2.75) is 6.92 Å². The van der Waals surface area contributed by atoms with E-state index in [0.29, 0.717) is 21.5 Å². The summed E-state index contributed by atoms with van der Waals surface area (Å²) in [5.41, 5.74) is 1.28. The molecule has 0 spiro atoms. The van der Waals surface area contributed by atoms with Crippen LogP contribution in [0, 0.1) is 0 Å². The highest BCUT2D eigenvalue weighted by Crippen LogP contribution is 2.33. The maximum absolute atomic E-state index is 12.6. The summed E-state index contributed by atoms with van der Waals surface area (Å²) in [5, 5.41) is 1.14. The number of rotatable bonds is 3. The summed E-state index contributed by atoms with van der Waals surface area (Å²) in [6.45, 7) is 1.29. The molecule has 1 N–H and O–H groups in total. The number of pyridine rings is 1. The Labute approximate surface area is 130 Å². The van der Waals surface area contributed by atoms with Crippen LogP contribution in [0.1, 0.15) is 23.0 Å². The van der Waals surface area contributed by atoms with Crippen LogP contribution in [0.2, 0.25) is 5.02 Å². The highest BCUT2D eigenvalue weighted by molar-refractivity contribution is 6.31. The van der Waals surface area contributed by atoms with Gasteiger partial charge in [-0.05, 0) is 30.3 Å². The fourth-order valence-corrected chi connectivity index (χ4v) is 2.37. The summed E-state index contributed by atoms with van der Waals surface area (Å²) in [5.74, 6) is -0.577. The maximum atomic E-state index is 12.6. The molecule has 2 heterocycles. The summed E-state index contributed by atoms with van der Waals surface area (Å²) >= 11 is 5.96. The van der Waals surface area contributed by atoms with E-state index in [2.05, 4.69) is 9.97 Å². The number of carbonyl (C=O) groups is 2. The first-order valence-corrected chi connectivity index (χ1v) is 6.88. The minimum atomic E-state index is -0.500. The predicted molar refractivity (Wildman–Crippen MR) is 82.3 cm³/mol. The highest BCUT2D eigenvalue weighted by Gasteiger charge is 2.21. The molecule has 0 atom stereocenters. The van der Waals surface area contributed by atoms with Gasteiger partial charge in [0.05, 0.1) is 5.52 Å². The van der Waals surface area contributed by atoms with Crippen LogP contribution in [0.5, 0.6) is 5.75 Å². The van der Waals surface area contributed by atoms with Crippen molar-refractivity contribution < 1.29 is 14.3 Å². The Morgan fingerprint density at radius 1 is 1.18 bits per heavy atom. The van der Waals surface area contributed by atoms with Gasteiger partial charge in [0, 0.05) is 35.3 Å². The normalized spacial score (nSPS) is 10.6. The number of fused-ring (bicyclic) bond motifs is 1. The summed E-state index contributed by atoms with van der Waals surface area (Å²) < 4.78 is 5.23. The number of nitrogens with zero attached hydrogens (tertiary/aromatic N) is 1. The van der Waals surface area contributed by atoms with Crippen molar-refractivity contribution in [2.75, 3.05) is 0 Å². The molecule has 0 saturated carbocycles. The lowest BCUT2D eigenvalue weighted by Crippen LogP contribution is -2.08. The number of aromatic nitrogens is 2. The van der Waals surface area contributed by atoms with Crippen molar-refractivity contribution in [2.24, 2.45) is 0 Å². The molecule has 22 heavy (non-hydrogen) atoms. The smallest absolute Gasteiger partial charge is 0.308 e. The topological polar surface area (TPSA) is 72.1 Å². The van der Waals surface area contributed by atoms with Crippen LogP contribution in [-0.2, 0) is 4.79 Å². The number of halogens is 1. The Balaban J connectivity index is 2.19. The van der Waals surface area contributed by atoms with Crippen LogP contribution >= 0.6 is 11.6 Å². The van der Waals surface area contributed by atoms with E-state index in [1.807, 2.05) is 0 Å². The van der Waals surface area contributed by atoms with Gasteiger partial charge < -0.3 is 9.72 Å². The number of H-pyrrole nitrogens is 1. The van der Waals surface area contributed by atoms with Crippen molar-refractivity contribution in [3.63, 3.8) is 0 Å². The van der Waals surface area contributed by atoms with Gasteiger partial charge in [-0.3, -0.25) is 14.6 Å². The van der Waals surface area contributed by atoms with Crippen molar-refractivity contribution in [1.82, 2.24) is 9.97 Å². The lowest BCUT2D eigenvalue weighted by molar-refractivity contribution is -0.131. The van der Waals surface area contributed by atoms with E-state index >= 15 is 0 Å². The van der Waals surface area contributed by atoms with Crippen LogP contribution in [0.4, 0.5) is 0 Å². The molecule has 0 aliphatic heterocycles. The lowest BCUT2D eigenvalue weighted by atomic mass is 10.1. The second-order valence-electron chi connectivity index (χ2n) is 4.68. The largest absolute Gasteiger partial charge is 0.424 e. The van der Waals surface area contributed by atoms with Crippen molar-refractivity contribution in [3.05, 3.63) is 59.0 Å². The molecule has 0 bridgehead atoms. The molecule has 0 saturated heterocycles. The third kappa shape index (κ3) is 2.58. The quantitative estimate of drug-likeness (QED) is 0.594. The van der Waals surface area contributed by atoms with Crippen molar-refractivity contribution in [3.8, 4) is 5.75 Å². The second kappa shape index (κ2) is 5.61. The van der Waals surface area contributed by atoms with Crippen LogP contribution in [0.15, 0.2) is 42.7 Å². The number of carbonyl (C=O) groups excluding carboxylic acids is 2. The van der Waals surface area contributed by atoms with E-state index in [-0.39, 0.29) is 17.2 Å². The van der Waals surface area contributed by atoms with Gasteiger partial charge in [0.1, 0.15) is 5.69 Å². The van der Waals surface area contributed by atoms with Crippen molar-refractivity contribution in [1.29, 1.82) is 0 Å². The molecule has 0 unspecified atom stereocenters. The van der Waals surface area contributed by atoms with Gasteiger partial charge >= 0.3 is 5.97 Å². The molecule has 0 fully saturated rings. The number of esters is 1. The fraction of sp³-hybridized carbons (Fsp3) is 0.0625. The van der Waals surface area contributed by atoms with Gasteiger partial charge in [-0.15, -0.1) is 0 Å². The first-order valence-electron chi connectivity index (χ1n) is 6.50. The minimum Gasteiger partial charge on any atom is -0.424 e. The fourth-order valence-electron chi connectivity index (χ4n) is 2.20. The van der Waals surface area contributed by atoms with E-state index in [1.165, 1.54) is 19.3 Å². The molecule has 6 heteroatoms. The average Bonchev–Trinajstić information content (AvgIpc) is 2.84. The highest BCUT2D eigenvalue weighted by atomic mass is 35.5. The molecule has 0 aliphatic carbocycles. The number of hydrogen-bond donors (Lipinski definition) is 1. The van der Waals surface area contributed by atoms with Gasteiger partial charge in [-0.1, -0.05) is 11.6 Å². The van der Waals surface area contributed by atoms with Crippen LogP contribution < -0.4 is 4.74 Å². The van der Waals surface area contributed by atoms with Crippen LogP contribution in [-0.4, -0.2) is 21.7 Å². The molecule has 5 nitrogen and oxygen atoms in total. The molecular weight excluding hydrogens is 304 g/mol. The van der Waals surface area contributed by atoms with E-state index in [4.69, 9.17) is 16.3 Å². The number of hydrogen-bond acceptors (Lipinski definition) is 4. The zero-order valence-electron chi connectivity index (χ0n) is 11.6. The molecule has 0 radical (unpaired) electrons. The van der Waals surface area contributed by atoms with Gasteiger partial charge in [-0.25, -0.2) is 0 Å². The Morgan fingerprint density at radius 3 is 2.59 bits per heavy atom. The number of ether oxygens (including phenoxy) is 1. The summed E-state index contributed by atoms with van der Waals surface area (Å²) in [7, 11) is 0. The molecule has 0 amide bonds. The first-order chi connectivity index (χ1) is 10.6. The summed E-state index contributed by atoms with van der Waals surface area (Å²) in [6.07, 6.45) is 3.05. The van der Waals surface area contributed by atoms with Gasteiger partial charge in [-0.2, -0.15) is 0 Å². The molecule has 3 aromatic rings. The third-order valence-electron chi connectivity index (χ3n) is 3.13. The van der Waals surface area contributed by atoms with E-state index in [0.717, 1.165) is 0 Å². The minimum absolute atomic E-state index is 0.207. The predicted octanol–water partition coefficient (Wildman–Crippen LogP) is 3.37. The molecular formula is C16H11ClN2O3. The Kier molecular flexibility index (Phi) is 3.65. The van der Waals surface area contributed by atoms with Gasteiger partial charge in [0.2, 0.25) is 5.78 Å². The van der Waals surface area contributed by atoms with Gasteiger partial charge in [0.15, 0.2) is 5.75 Å². The first kappa shape index (κ1) is 14.3. The summed E-state index contributed by atoms with van der Waals surface area (Å²) in [4.78, 5) is 30.8. The monoisotopic (exact) mass is 314 g/mol. The molecule has 2 aromatic heterocycles. The Hall–Kier alpha value is -2.66. The maximum Gasteiger partial charge on any atom is 0.308 e. The third-order valence-corrected chi connectivity index (χ3v) is 3.36. The lowest BCUT2D eigenvalue weighted by Gasteiger charge is -2.03. The number of ketones is 1. The van der Waals surface area contributed by atoms with E-state index in [9.17, 15) is 9.59 Å². The van der Waals surface area contributed by atoms with E-state index < -0.39 is 5.97 Å². The zero-order valence-corrected chi connectivity index (χ0v) is 12.3. The average molecular weight is 315 g/mol. The number of benzene rings is 1. The Bertz CT molecular complexity index is 872. The van der Waals surface area contributed by atoms with E-state index in [1.54, 1.807) is 30.3 Å². The van der Waals surface area contributed by atoms with Crippen LogP contribution in [0.3, 0.4) is 0 Å². The second-order valence-corrected chi connectivity index (χ2v) is 5.11. The molecule has 3 rings (SSSR count). The standard InChI is InChI=1S/C16H11ClN2O3/c1-9(20)22-16-12-3-2-11(17)8-13(12)19-14(16)15(21)10-4-6-18-7-5-10/h2-8,19H,1H3. The van der Waals surface area contributed by atoms with Crippen LogP contribution in [0.25, 0.3) is 10.9 Å². The SMILES string of the molecule is CC(=O)Oc1c(C(=O)c2ccncc2)[nH]c2cc(Cl)ccc12. The van der Waals surface area contributed by atoms with Gasteiger partial charge in [0.25, 0.3) is 0 Å². The number of nitrogens with one attached hydrogen (secondary N) is 1. The molecule has 110 valence electrons. The Morgan fingerprint density at radius 2 is 1.91 bits per heavy atom. The summed E-state index contributed by atoms with van der Waals surface area (Å²) in [6, 6.07) is 8.24. The molecule has 1 aromatic carbocycles. The molecule has 0 aliphatic rings. The number of aromatic amines is 1.